The summed E-state index contributed by atoms with van der Waals surface area (Å²) in [6.45, 7) is 8.78. The molecule has 0 aromatic carbocycles. The molecule has 0 radical (unpaired) electrons. The number of aliphatic carboxylic acids is 1. The van der Waals surface area contributed by atoms with Crippen LogP contribution in [0.2, 0.25) is 0 Å². The van der Waals surface area contributed by atoms with Crippen molar-refractivity contribution >= 4 is 5.97 Å². The molecule has 0 atom stereocenters. The van der Waals surface area contributed by atoms with Gasteiger partial charge in [-0.2, -0.15) is 5.26 Å². The molecule has 1 heterocycles. The van der Waals surface area contributed by atoms with Gasteiger partial charge in [0.2, 0.25) is 0 Å². The van der Waals surface area contributed by atoms with E-state index in [2.05, 4.69) is 11.0 Å². The second kappa shape index (κ2) is 7.46. The Balaban J connectivity index is 2.10. The molecular weight excluding hydrogens is 242 g/mol. The molecule has 0 spiro atoms. The van der Waals surface area contributed by atoms with E-state index >= 15 is 0 Å². The van der Waals surface area contributed by atoms with Gasteiger partial charge in [0.15, 0.2) is 0 Å². The van der Waals surface area contributed by atoms with E-state index in [9.17, 15) is 4.79 Å². The van der Waals surface area contributed by atoms with Crippen molar-refractivity contribution < 1.29 is 9.90 Å². The van der Waals surface area contributed by atoms with E-state index in [-0.39, 0.29) is 12.0 Å². The van der Waals surface area contributed by atoms with Gasteiger partial charge in [0.1, 0.15) is 0 Å². The highest BCUT2D eigenvalue weighted by atomic mass is 16.4. The molecule has 0 aromatic rings. The number of carboxylic acids is 1. The Morgan fingerprint density at radius 1 is 1.21 bits per heavy atom. The first kappa shape index (κ1) is 15.9. The van der Waals surface area contributed by atoms with Crippen molar-refractivity contribution in [2.45, 2.75) is 33.1 Å². The van der Waals surface area contributed by atoms with E-state index in [1.54, 1.807) is 0 Å². The summed E-state index contributed by atoms with van der Waals surface area (Å²) in [6, 6.07) is 2.33. The van der Waals surface area contributed by atoms with E-state index < -0.39 is 5.97 Å². The van der Waals surface area contributed by atoms with Crippen LogP contribution in [0.1, 0.15) is 33.1 Å². The highest BCUT2D eigenvalue weighted by Gasteiger charge is 2.19. The summed E-state index contributed by atoms with van der Waals surface area (Å²) in [6.07, 6.45) is 3.14. The van der Waals surface area contributed by atoms with Gasteiger partial charge in [-0.1, -0.05) is 6.42 Å². The van der Waals surface area contributed by atoms with Gasteiger partial charge in [0.25, 0.3) is 0 Å². The molecule has 1 saturated heterocycles. The molecule has 1 aliphatic heterocycles. The molecule has 0 aliphatic carbocycles. The molecule has 0 bridgehead atoms. The minimum absolute atomic E-state index is 0.157. The van der Waals surface area contributed by atoms with Gasteiger partial charge in [0.05, 0.1) is 18.0 Å². The van der Waals surface area contributed by atoms with Gasteiger partial charge in [-0.3, -0.25) is 9.69 Å². The Bertz CT molecular complexity index is 328. The van der Waals surface area contributed by atoms with Crippen LogP contribution in [0.15, 0.2) is 0 Å². The third-order valence-corrected chi connectivity index (χ3v) is 3.65. The Morgan fingerprint density at radius 2 is 1.79 bits per heavy atom. The lowest BCUT2D eigenvalue weighted by Gasteiger charge is -2.33. The Labute approximate surface area is 115 Å². The van der Waals surface area contributed by atoms with E-state index in [1.807, 2.05) is 18.7 Å². The van der Waals surface area contributed by atoms with Crippen LogP contribution in [0, 0.1) is 16.7 Å². The van der Waals surface area contributed by atoms with Gasteiger partial charge < -0.3 is 10.0 Å². The number of unbranched alkanes of at least 4 members (excludes halogenated alkanes) is 1. The van der Waals surface area contributed by atoms with Crippen molar-refractivity contribution in [2.75, 3.05) is 39.3 Å². The number of carboxylic acid groups (broad SMARTS) is 1. The van der Waals surface area contributed by atoms with Crippen molar-refractivity contribution in [2.24, 2.45) is 5.41 Å². The first-order valence-corrected chi connectivity index (χ1v) is 7.01. The van der Waals surface area contributed by atoms with Crippen molar-refractivity contribution in [3.8, 4) is 6.07 Å². The van der Waals surface area contributed by atoms with Crippen LogP contribution in [0.25, 0.3) is 0 Å². The van der Waals surface area contributed by atoms with Crippen LogP contribution in [-0.2, 0) is 4.79 Å². The summed E-state index contributed by atoms with van der Waals surface area (Å²) in [4.78, 5) is 15.0. The summed E-state index contributed by atoms with van der Waals surface area (Å²) >= 11 is 0. The molecular formula is C14H25N3O2. The fourth-order valence-corrected chi connectivity index (χ4v) is 2.32. The average Bonchev–Trinajstić information content (AvgIpc) is 2.36. The van der Waals surface area contributed by atoms with Crippen molar-refractivity contribution in [1.29, 1.82) is 5.26 Å². The third-order valence-electron chi connectivity index (χ3n) is 3.65. The molecule has 1 rings (SSSR count). The summed E-state index contributed by atoms with van der Waals surface area (Å²) in [5, 5.41) is 17.7. The molecule has 19 heavy (non-hydrogen) atoms. The zero-order valence-electron chi connectivity index (χ0n) is 12.1. The fraction of sp³-hybridized carbons (Fsp3) is 0.857. The number of nitrogens with zero attached hydrogens (tertiary/aromatic N) is 3. The normalized spacial score (nSPS) is 18.2. The van der Waals surface area contributed by atoms with Gasteiger partial charge in [-0.05, 0) is 33.2 Å². The highest BCUT2D eigenvalue weighted by Crippen LogP contribution is 2.21. The second-order valence-electron chi connectivity index (χ2n) is 5.96. The first-order valence-electron chi connectivity index (χ1n) is 7.01. The molecule has 108 valence electrons. The minimum atomic E-state index is -0.743. The molecule has 0 aromatic heterocycles. The van der Waals surface area contributed by atoms with Gasteiger partial charge in [-0.15, -0.1) is 0 Å². The van der Waals surface area contributed by atoms with E-state index in [0.29, 0.717) is 0 Å². The molecule has 5 nitrogen and oxygen atoms in total. The maximum atomic E-state index is 10.6. The molecule has 1 aliphatic rings. The Kier molecular flexibility index (Phi) is 6.26. The number of piperazine rings is 1. The average molecular weight is 267 g/mol. The first-order chi connectivity index (χ1) is 8.93. The number of carbonyl (C=O) groups is 1. The Morgan fingerprint density at radius 3 is 2.32 bits per heavy atom. The van der Waals surface area contributed by atoms with Crippen LogP contribution >= 0.6 is 0 Å². The van der Waals surface area contributed by atoms with Crippen molar-refractivity contribution in [1.82, 2.24) is 9.80 Å². The summed E-state index contributed by atoms with van der Waals surface area (Å²) < 4.78 is 0. The standard InChI is InChI=1S/C14H25N3O2/c1-14(2,12-15)5-3-4-6-16-7-9-17(10-8-16)11-13(18)19/h3-11H2,1-2H3,(H,18,19). The lowest BCUT2D eigenvalue weighted by molar-refractivity contribution is -0.138. The summed E-state index contributed by atoms with van der Waals surface area (Å²) in [5.74, 6) is -0.743. The maximum Gasteiger partial charge on any atom is 0.317 e. The van der Waals surface area contributed by atoms with Crippen molar-refractivity contribution in [3.05, 3.63) is 0 Å². The van der Waals surface area contributed by atoms with Gasteiger partial charge in [0, 0.05) is 26.2 Å². The maximum absolute atomic E-state index is 10.6. The van der Waals surface area contributed by atoms with Crippen LogP contribution in [-0.4, -0.2) is 60.1 Å². The fourth-order valence-electron chi connectivity index (χ4n) is 2.32. The predicted octanol–water partition coefficient (Wildman–Crippen LogP) is 1.41. The molecule has 0 amide bonds. The van der Waals surface area contributed by atoms with Gasteiger partial charge in [-0.25, -0.2) is 0 Å². The van der Waals surface area contributed by atoms with E-state index in [0.717, 1.165) is 52.0 Å². The lowest BCUT2D eigenvalue weighted by Crippen LogP contribution is -2.48. The van der Waals surface area contributed by atoms with Crippen LogP contribution < -0.4 is 0 Å². The molecule has 1 N–H and O–H groups in total. The monoisotopic (exact) mass is 267 g/mol. The number of hydrogen-bond donors (Lipinski definition) is 1. The van der Waals surface area contributed by atoms with Crippen LogP contribution in [0.3, 0.4) is 0 Å². The summed E-state index contributed by atoms with van der Waals surface area (Å²) in [7, 11) is 0. The summed E-state index contributed by atoms with van der Waals surface area (Å²) in [5.41, 5.74) is -0.208. The van der Waals surface area contributed by atoms with Crippen LogP contribution in [0.4, 0.5) is 0 Å². The quantitative estimate of drug-likeness (QED) is 0.706. The molecule has 5 heteroatoms. The SMILES string of the molecule is CC(C)(C#N)CCCCN1CCN(CC(=O)O)CC1. The molecule has 0 unspecified atom stereocenters. The lowest BCUT2D eigenvalue weighted by atomic mass is 9.89. The highest BCUT2D eigenvalue weighted by molar-refractivity contribution is 5.69. The third kappa shape index (κ3) is 6.55. The van der Waals surface area contributed by atoms with Crippen molar-refractivity contribution in [3.63, 3.8) is 0 Å². The van der Waals surface area contributed by atoms with E-state index in [1.165, 1.54) is 0 Å². The second-order valence-corrected chi connectivity index (χ2v) is 5.96. The van der Waals surface area contributed by atoms with Crippen LogP contribution in [0.5, 0.6) is 0 Å². The number of nitriles is 1. The zero-order chi connectivity index (χ0) is 14.3. The molecule has 1 fully saturated rings. The Hall–Kier alpha value is -1.12. The smallest absolute Gasteiger partial charge is 0.317 e. The molecule has 0 saturated carbocycles. The number of rotatable bonds is 7. The van der Waals surface area contributed by atoms with E-state index in [4.69, 9.17) is 10.4 Å². The topological polar surface area (TPSA) is 67.6 Å². The largest absolute Gasteiger partial charge is 0.480 e. The minimum Gasteiger partial charge on any atom is -0.480 e. The zero-order valence-corrected chi connectivity index (χ0v) is 12.1. The predicted molar refractivity (Wildman–Crippen MR) is 73.8 cm³/mol. The number of hydrogen-bond acceptors (Lipinski definition) is 4. The van der Waals surface area contributed by atoms with Gasteiger partial charge >= 0.3 is 5.97 Å².